The zero-order valence-electron chi connectivity index (χ0n) is 11.6. The van der Waals surface area contributed by atoms with Gasteiger partial charge in [0.1, 0.15) is 11.5 Å². The number of phenolic OH excluding ortho intramolecular Hbond substituents is 1. The summed E-state index contributed by atoms with van der Waals surface area (Å²) in [5.41, 5.74) is 2.75. The van der Waals surface area contributed by atoms with Gasteiger partial charge in [-0.1, -0.05) is 11.8 Å². The number of thioether (sulfide) groups is 1. The van der Waals surface area contributed by atoms with Crippen molar-refractivity contribution in [3.05, 3.63) is 58.9 Å². The Labute approximate surface area is 140 Å². The molecule has 2 amide bonds. The summed E-state index contributed by atoms with van der Waals surface area (Å²) in [6.45, 7) is 0. The van der Waals surface area contributed by atoms with Gasteiger partial charge in [0.25, 0.3) is 11.8 Å². The molecular formula is C15H10N2O4S2. The average molecular weight is 346 g/mol. The van der Waals surface area contributed by atoms with Gasteiger partial charge in [-0.25, -0.2) is 0 Å². The van der Waals surface area contributed by atoms with Crippen molar-refractivity contribution in [2.45, 2.75) is 0 Å². The van der Waals surface area contributed by atoms with Crippen LogP contribution in [0.2, 0.25) is 0 Å². The average Bonchev–Trinajstić information content (AvgIpc) is 3.12. The molecule has 0 unspecified atom stereocenters. The first kappa shape index (κ1) is 15.3. The number of hydrazine groups is 1. The first-order valence-corrected chi connectivity index (χ1v) is 7.68. The van der Waals surface area contributed by atoms with Crippen LogP contribution in [0.15, 0.2) is 52.0 Å². The second kappa shape index (κ2) is 6.27. The van der Waals surface area contributed by atoms with Crippen molar-refractivity contribution in [2.24, 2.45) is 0 Å². The Bertz CT molecular complexity index is 797. The fraction of sp³-hybridized carbons (Fsp3) is 0. The Hall–Kier alpha value is -2.58. The summed E-state index contributed by atoms with van der Waals surface area (Å²) in [5.74, 6) is -0.354. The molecule has 23 heavy (non-hydrogen) atoms. The maximum Gasteiger partial charge on any atom is 0.285 e. The number of benzene rings is 1. The highest BCUT2D eigenvalue weighted by molar-refractivity contribution is 8.26. The Kier molecular flexibility index (Phi) is 4.18. The highest BCUT2D eigenvalue weighted by atomic mass is 32.2. The van der Waals surface area contributed by atoms with Gasteiger partial charge in [-0.15, -0.1) is 0 Å². The van der Waals surface area contributed by atoms with E-state index in [2.05, 4.69) is 5.43 Å². The highest BCUT2D eigenvalue weighted by Gasteiger charge is 2.34. The molecule has 1 aromatic heterocycles. The minimum Gasteiger partial charge on any atom is -0.508 e. The maximum absolute atomic E-state index is 12.3. The molecule has 1 saturated heterocycles. The zero-order chi connectivity index (χ0) is 16.4. The lowest BCUT2D eigenvalue weighted by molar-refractivity contribution is -0.123. The molecule has 6 nitrogen and oxygen atoms in total. The van der Waals surface area contributed by atoms with E-state index in [9.17, 15) is 14.7 Å². The van der Waals surface area contributed by atoms with Crippen LogP contribution in [-0.2, 0) is 4.79 Å². The van der Waals surface area contributed by atoms with Crippen LogP contribution >= 0.6 is 24.0 Å². The summed E-state index contributed by atoms with van der Waals surface area (Å²) in [6, 6.07) is 9.08. The number of rotatable bonds is 3. The fourth-order valence-corrected chi connectivity index (χ4v) is 3.01. The molecule has 0 spiro atoms. The highest BCUT2D eigenvalue weighted by Crippen LogP contribution is 2.31. The monoisotopic (exact) mass is 346 g/mol. The van der Waals surface area contributed by atoms with Crippen LogP contribution in [-0.4, -0.2) is 26.3 Å². The minimum absolute atomic E-state index is 0.0496. The molecule has 1 fully saturated rings. The second-order valence-corrected chi connectivity index (χ2v) is 6.20. The summed E-state index contributed by atoms with van der Waals surface area (Å²) in [7, 11) is 0. The first-order chi connectivity index (χ1) is 11.0. The van der Waals surface area contributed by atoms with Crippen LogP contribution in [0.5, 0.6) is 5.75 Å². The number of phenols is 1. The number of hydrogen-bond acceptors (Lipinski definition) is 6. The maximum atomic E-state index is 12.3. The number of furan rings is 1. The molecular weight excluding hydrogens is 336 g/mol. The number of carbonyl (C=O) groups excluding carboxylic acids is 2. The smallest absolute Gasteiger partial charge is 0.285 e. The molecule has 1 aromatic carbocycles. The Morgan fingerprint density at radius 3 is 2.70 bits per heavy atom. The van der Waals surface area contributed by atoms with E-state index in [1.165, 1.54) is 30.5 Å². The quantitative estimate of drug-likeness (QED) is 0.656. The predicted octanol–water partition coefficient (Wildman–Crippen LogP) is 2.53. The van der Waals surface area contributed by atoms with Gasteiger partial charge >= 0.3 is 0 Å². The van der Waals surface area contributed by atoms with Crippen molar-refractivity contribution >= 4 is 46.2 Å². The van der Waals surface area contributed by atoms with Crippen molar-refractivity contribution in [3.63, 3.8) is 0 Å². The summed E-state index contributed by atoms with van der Waals surface area (Å²) in [4.78, 5) is 24.8. The largest absolute Gasteiger partial charge is 0.508 e. The summed E-state index contributed by atoms with van der Waals surface area (Å²) < 4.78 is 5.38. The second-order valence-electron chi connectivity index (χ2n) is 4.52. The molecule has 0 radical (unpaired) electrons. The zero-order valence-corrected chi connectivity index (χ0v) is 13.2. The SMILES string of the molecule is O=C(NN1C(=O)/C(=C/c2ccco2)SC1=S)c1ccc(O)cc1. The van der Waals surface area contributed by atoms with Gasteiger partial charge in [-0.3, -0.25) is 15.0 Å². The molecule has 2 N–H and O–H groups in total. The van der Waals surface area contributed by atoms with Crippen LogP contribution in [0, 0.1) is 0 Å². The number of carbonyl (C=O) groups is 2. The fourth-order valence-electron chi connectivity index (χ4n) is 1.85. The number of aromatic hydroxyl groups is 1. The van der Waals surface area contributed by atoms with E-state index in [0.717, 1.165) is 16.8 Å². The van der Waals surface area contributed by atoms with Crippen molar-refractivity contribution in [3.8, 4) is 5.75 Å². The summed E-state index contributed by atoms with van der Waals surface area (Å²) in [6.07, 6.45) is 3.06. The normalized spacial score (nSPS) is 16.2. The number of nitrogens with one attached hydrogen (secondary N) is 1. The van der Waals surface area contributed by atoms with Crippen molar-refractivity contribution in [1.29, 1.82) is 0 Å². The van der Waals surface area contributed by atoms with Crippen LogP contribution in [0.3, 0.4) is 0 Å². The molecule has 0 atom stereocenters. The van der Waals surface area contributed by atoms with E-state index in [0.29, 0.717) is 16.2 Å². The number of hydrogen-bond donors (Lipinski definition) is 2. The van der Waals surface area contributed by atoms with Gasteiger partial charge in [0.05, 0.1) is 11.2 Å². The molecule has 0 saturated carbocycles. The summed E-state index contributed by atoms with van der Waals surface area (Å²) >= 11 is 6.20. The van der Waals surface area contributed by atoms with E-state index in [-0.39, 0.29) is 10.1 Å². The molecule has 2 heterocycles. The molecule has 0 aliphatic carbocycles. The van der Waals surface area contributed by atoms with E-state index in [1.807, 2.05) is 0 Å². The first-order valence-electron chi connectivity index (χ1n) is 6.46. The number of amides is 2. The van der Waals surface area contributed by atoms with Crippen LogP contribution in [0.25, 0.3) is 6.08 Å². The van der Waals surface area contributed by atoms with Crippen LogP contribution in [0.1, 0.15) is 16.1 Å². The van der Waals surface area contributed by atoms with Gasteiger partial charge in [-0.05, 0) is 48.6 Å². The number of nitrogens with zero attached hydrogens (tertiary/aromatic N) is 1. The molecule has 1 aliphatic heterocycles. The van der Waals surface area contributed by atoms with Crippen molar-refractivity contribution in [1.82, 2.24) is 10.4 Å². The van der Waals surface area contributed by atoms with E-state index in [1.54, 1.807) is 18.2 Å². The van der Waals surface area contributed by atoms with Crippen LogP contribution in [0.4, 0.5) is 0 Å². The van der Waals surface area contributed by atoms with E-state index in [4.69, 9.17) is 16.6 Å². The summed E-state index contributed by atoms with van der Waals surface area (Å²) in [5, 5.41) is 10.2. The Balaban J connectivity index is 1.75. The molecule has 0 bridgehead atoms. The molecule has 3 rings (SSSR count). The van der Waals surface area contributed by atoms with Crippen LogP contribution < -0.4 is 5.43 Å². The van der Waals surface area contributed by atoms with Gasteiger partial charge in [0.15, 0.2) is 4.32 Å². The van der Waals surface area contributed by atoms with Gasteiger partial charge < -0.3 is 9.52 Å². The minimum atomic E-state index is -0.499. The number of thiocarbonyl (C=S) groups is 1. The van der Waals surface area contributed by atoms with E-state index >= 15 is 0 Å². The third-order valence-corrected chi connectivity index (χ3v) is 4.26. The van der Waals surface area contributed by atoms with Gasteiger partial charge in [-0.2, -0.15) is 5.01 Å². The molecule has 8 heteroatoms. The third kappa shape index (κ3) is 3.27. The lowest BCUT2D eigenvalue weighted by atomic mass is 10.2. The Morgan fingerprint density at radius 2 is 2.04 bits per heavy atom. The van der Waals surface area contributed by atoms with Gasteiger partial charge in [0.2, 0.25) is 0 Å². The lowest BCUT2D eigenvalue weighted by Crippen LogP contribution is -2.44. The Morgan fingerprint density at radius 1 is 1.30 bits per heavy atom. The molecule has 2 aromatic rings. The van der Waals surface area contributed by atoms with Gasteiger partial charge in [0, 0.05) is 11.6 Å². The van der Waals surface area contributed by atoms with E-state index < -0.39 is 11.8 Å². The topological polar surface area (TPSA) is 82.8 Å². The third-order valence-electron chi connectivity index (χ3n) is 2.95. The predicted molar refractivity (Wildman–Crippen MR) is 89.3 cm³/mol. The molecule has 116 valence electrons. The molecule has 1 aliphatic rings. The van der Waals surface area contributed by atoms with Crippen molar-refractivity contribution in [2.75, 3.05) is 0 Å². The lowest BCUT2D eigenvalue weighted by Gasteiger charge is -2.15. The van der Waals surface area contributed by atoms with Crippen molar-refractivity contribution < 1.29 is 19.1 Å². The standard InChI is InChI=1S/C15H10N2O4S2/c18-10-5-3-9(4-6-10)13(19)16-17-14(20)12(23-15(17)22)8-11-2-1-7-21-11/h1-8,18H,(H,16,19)/b12-8-.